The zero-order valence-electron chi connectivity index (χ0n) is 16.1. The second-order valence-corrected chi connectivity index (χ2v) is 7.27. The number of nitrogens with one attached hydrogen (secondary N) is 1. The van der Waals surface area contributed by atoms with Crippen LogP contribution in [-0.2, 0) is 21.6 Å². The van der Waals surface area contributed by atoms with Gasteiger partial charge in [0.15, 0.2) is 0 Å². The van der Waals surface area contributed by atoms with E-state index < -0.39 is 5.60 Å². The van der Waals surface area contributed by atoms with Crippen molar-refractivity contribution in [3.63, 3.8) is 0 Å². The van der Waals surface area contributed by atoms with Gasteiger partial charge in [-0.25, -0.2) is 0 Å². The third-order valence-electron chi connectivity index (χ3n) is 5.27. The molecule has 0 aromatic heterocycles. The normalized spacial score (nSPS) is 18.6. The van der Waals surface area contributed by atoms with Gasteiger partial charge in [-0.2, -0.15) is 0 Å². The van der Waals surface area contributed by atoms with E-state index in [0.717, 1.165) is 30.6 Å². The monoisotopic (exact) mass is 373 g/mol. The summed E-state index contributed by atoms with van der Waals surface area (Å²) in [7, 11) is 0. The molecule has 1 unspecified atom stereocenters. The van der Waals surface area contributed by atoms with Gasteiger partial charge in [0.1, 0.15) is 5.60 Å². The highest BCUT2D eigenvalue weighted by Gasteiger charge is 2.41. The molecule has 1 N–H and O–H groups in total. The van der Waals surface area contributed by atoms with E-state index in [2.05, 4.69) is 78.1 Å². The molecule has 0 saturated carbocycles. The molecule has 3 heteroatoms. The Bertz CT molecular complexity index is 797. The van der Waals surface area contributed by atoms with Crippen molar-refractivity contribution in [3.05, 3.63) is 108 Å². The van der Waals surface area contributed by atoms with Gasteiger partial charge in [-0.3, -0.25) is 0 Å². The van der Waals surface area contributed by atoms with Crippen molar-refractivity contribution in [1.29, 1.82) is 0 Å². The quantitative estimate of drug-likeness (QED) is 0.618. The average Bonchev–Trinajstić information content (AvgIpc) is 2.79. The fourth-order valence-electron chi connectivity index (χ4n) is 3.80. The van der Waals surface area contributed by atoms with Gasteiger partial charge in [0, 0.05) is 6.54 Å². The molecule has 3 aromatic rings. The predicted octanol–water partition coefficient (Wildman–Crippen LogP) is 4.53. The highest BCUT2D eigenvalue weighted by Crippen LogP contribution is 2.38. The molecule has 0 amide bonds. The zero-order valence-corrected chi connectivity index (χ0v) is 16.1. The van der Waals surface area contributed by atoms with Crippen LogP contribution in [0.5, 0.6) is 0 Å². The molecule has 1 atom stereocenters. The second-order valence-electron chi connectivity index (χ2n) is 7.27. The average molecular weight is 373 g/mol. The Morgan fingerprint density at radius 2 is 1.36 bits per heavy atom. The van der Waals surface area contributed by atoms with E-state index in [1.54, 1.807) is 0 Å². The third-order valence-corrected chi connectivity index (χ3v) is 5.27. The number of benzene rings is 3. The fourth-order valence-corrected chi connectivity index (χ4v) is 3.80. The van der Waals surface area contributed by atoms with Crippen molar-refractivity contribution in [2.75, 3.05) is 19.8 Å². The van der Waals surface area contributed by atoms with Gasteiger partial charge in [-0.1, -0.05) is 91.0 Å². The van der Waals surface area contributed by atoms with Crippen LogP contribution < -0.4 is 5.32 Å². The van der Waals surface area contributed by atoms with Gasteiger partial charge < -0.3 is 14.8 Å². The molecule has 1 fully saturated rings. The first-order valence-corrected chi connectivity index (χ1v) is 9.98. The van der Waals surface area contributed by atoms with Gasteiger partial charge in [0.05, 0.1) is 19.3 Å². The molecule has 1 heterocycles. The van der Waals surface area contributed by atoms with Crippen LogP contribution in [0, 0.1) is 0 Å². The summed E-state index contributed by atoms with van der Waals surface area (Å²) in [6, 6.07) is 31.3. The molecule has 1 aliphatic heterocycles. The lowest BCUT2D eigenvalue weighted by Crippen LogP contribution is -2.47. The standard InChI is InChI=1S/C25H27NO2/c1-4-10-21(11-5-1)18-26-17-16-24-19-27-20-25(28-24,22-12-6-2-7-13-22)23-14-8-3-9-15-23/h1-15,24,26H,16-20H2. The lowest BCUT2D eigenvalue weighted by molar-refractivity contribution is -0.186. The Balaban J connectivity index is 1.45. The van der Waals surface area contributed by atoms with Crippen LogP contribution in [-0.4, -0.2) is 25.9 Å². The Labute approximate surface area is 167 Å². The highest BCUT2D eigenvalue weighted by atomic mass is 16.6. The van der Waals surface area contributed by atoms with Crippen molar-refractivity contribution >= 4 is 0 Å². The summed E-state index contributed by atoms with van der Waals surface area (Å²) in [6.07, 6.45) is 0.964. The summed E-state index contributed by atoms with van der Waals surface area (Å²) in [4.78, 5) is 0. The minimum Gasteiger partial charge on any atom is -0.375 e. The third kappa shape index (κ3) is 4.33. The van der Waals surface area contributed by atoms with Gasteiger partial charge in [-0.05, 0) is 29.7 Å². The van der Waals surface area contributed by atoms with E-state index in [1.165, 1.54) is 5.56 Å². The van der Waals surface area contributed by atoms with E-state index >= 15 is 0 Å². The molecule has 0 aliphatic carbocycles. The van der Waals surface area contributed by atoms with Gasteiger partial charge in [0.2, 0.25) is 0 Å². The topological polar surface area (TPSA) is 30.5 Å². The largest absolute Gasteiger partial charge is 0.375 e. The van der Waals surface area contributed by atoms with Crippen molar-refractivity contribution in [2.45, 2.75) is 24.7 Å². The summed E-state index contributed by atoms with van der Waals surface area (Å²) >= 11 is 0. The Morgan fingerprint density at radius 1 is 0.786 bits per heavy atom. The molecular formula is C25H27NO2. The molecule has 28 heavy (non-hydrogen) atoms. The molecule has 0 spiro atoms. The first kappa shape index (κ1) is 18.9. The second kappa shape index (κ2) is 9.16. The molecule has 3 nitrogen and oxygen atoms in total. The fraction of sp³-hybridized carbons (Fsp3) is 0.280. The first-order chi connectivity index (χ1) is 13.9. The maximum Gasteiger partial charge on any atom is 0.142 e. The van der Waals surface area contributed by atoms with Crippen molar-refractivity contribution in [1.82, 2.24) is 5.32 Å². The molecular weight excluding hydrogens is 346 g/mol. The van der Waals surface area contributed by atoms with E-state index in [-0.39, 0.29) is 6.10 Å². The number of hydrogen-bond acceptors (Lipinski definition) is 3. The van der Waals surface area contributed by atoms with Crippen LogP contribution in [0.2, 0.25) is 0 Å². The van der Waals surface area contributed by atoms with Gasteiger partial charge in [0.25, 0.3) is 0 Å². The van der Waals surface area contributed by atoms with E-state index in [9.17, 15) is 0 Å². The molecule has 0 radical (unpaired) electrons. The van der Waals surface area contributed by atoms with Crippen LogP contribution in [0.3, 0.4) is 0 Å². The lowest BCUT2D eigenvalue weighted by atomic mass is 9.85. The lowest BCUT2D eigenvalue weighted by Gasteiger charge is -2.42. The van der Waals surface area contributed by atoms with Gasteiger partial charge >= 0.3 is 0 Å². The number of rotatable bonds is 7. The van der Waals surface area contributed by atoms with Crippen molar-refractivity contribution in [3.8, 4) is 0 Å². The van der Waals surface area contributed by atoms with Crippen LogP contribution in [0.4, 0.5) is 0 Å². The Hall–Kier alpha value is -2.46. The minimum atomic E-state index is -0.551. The van der Waals surface area contributed by atoms with E-state index in [4.69, 9.17) is 9.47 Å². The number of ether oxygens (including phenoxy) is 2. The van der Waals surface area contributed by atoms with Crippen molar-refractivity contribution in [2.24, 2.45) is 0 Å². The maximum absolute atomic E-state index is 6.73. The molecule has 4 rings (SSSR count). The smallest absolute Gasteiger partial charge is 0.142 e. The Morgan fingerprint density at radius 3 is 1.96 bits per heavy atom. The van der Waals surface area contributed by atoms with Crippen LogP contribution in [0.25, 0.3) is 0 Å². The first-order valence-electron chi connectivity index (χ1n) is 9.98. The van der Waals surface area contributed by atoms with E-state index in [1.807, 2.05) is 18.2 Å². The Kier molecular flexibility index (Phi) is 6.17. The molecule has 3 aromatic carbocycles. The summed E-state index contributed by atoms with van der Waals surface area (Å²) in [5.41, 5.74) is 3.03. The van der Waals surface area contributed by atoms with Gasteiger partial charge in [-0.15, -0.1) is 0 Å². The molecule has 1 saturated heterocycles. The predicted molar refractivity (Wildman–Crippen MR) is 112 cm³/mol. The number of hydrogen-bond donors (Lipinski definition) is 1. The maximum atomic E-state index is 6.73. The van der Waals surface area contributed by atoms with E-state index in [0.29, 0.717) is 13.2 Å². The summed E-state index contributed by atoms with van der Waals surface area (Å²) in [6.45, 7) is 2.93. The zero-order chi connectivity index (χ0) is 19.1. The highest BCUT2D eigenvalue weighted by molar-refractivity contribution is 5.37. The minimum absolute atomic E-state index is 0.0532. The molecule has 0 bridgehead atoms. The van der Waals surface area contributed by atoms with Crippen LogP contribution >= 0.6 is 0 Å². The van der Waals surface area contributed by atoms with Crippen molar-refractivity contribution < 1.29 is 9.47 Å². The SMILES string of the molecule is c1ccc(CNCCC2COCC(c3ccccc3)(c3ccccc3)O2)cc1. The summed E-state index contributed by atoms with van der Waals surface area (Å²) in [5, 5.41) is 3.52. The van der Waals surface area contributed by atoms with Crippen LogP contribution in [0.15, 0.2) is 91.0 Å². The summed E-state index contributed by atoms with van der Waals surface area (Å²) in [5.74, 6) is 0. The molecule has 1 aliphatic rings. The molecule has 144 valence electrons. The van der Waals surface area contributed by atoms with Crippen LogP contribution in [0.1, 0.15) is 23.1 Å². The summed E-state index contributed by atoms with van der Waals surface area (Å²) < 4.78 is 12.8.